The Morgan fingerprint density at radius 2 is 1.67 bits per heavy atom. The maximum absolute atomic E-state index is 14.3. The van der Waals surface area contributed by atoms with Crippen molar-refractivity contribution >= 4 is 23.8 Å². The van der Waals surface area contributed by atoms with Crippen LogP contribution in [0.2, 0.25) is 0 Å². The second-order valence-electron chi connectivity index (χ2n) is 15.1. The van der Waals surface area contributed by atoms with Gasteiger partial charge in [-0.2, -0.15) is 0 Å². The summed E-state index contributed by atoms with van der Waals surface area (Å²) in [6.07, 6.45) is -8.12. The number of hydrogen-bond acceptors (Lipinski definition) is 12. The van der Waals surface area contributed by atoms with E-state index in [0.717, 1.165) is 6.92 Å². The van der Waals surface area contributed by atoms with Crippen LogP contribution in [0.5, 0.6) is 0 Å². The van der Waals surface area contributed by atoms with Crippen LogP contribution in [0.25, 0.3) is 0 Å². The minimum Gasteiger partial charge on any atom is -0.459 e. The fourth-order valence-electron chi connectivity index (χ4n) is 7.87. The number of nitrogens with one attached hydrogen (secondary N) is 1. The average molecular weight is 640 g/mol. The van der Waals surface area contributed by atoms with Crippen molar-refractivity contribution in [2.75, 3.05) is 6.61 Å². The predicted octanol–water partition coefficient (Wildman–Crippen LogP) is 1.32. The quantitative estimate of drug-likeness (QED) is 0.165. The van der Waals surface area contributed by atoms with Crippen molar-refractivity contribution in [3.05, 3.63) is 11.1 Å². The number of fused-ring (bicyclic) bond motifs is 5. The molecule has 11 atom stereocenters. The molecule has 3 aliphatic carbocycles. The van der Waals surface area contributed by atoms with Crippen LogP contribution in [0.3, 0.4) is 0 Å². The first kappa shape index (κ1) is 35.3. The lowest BCUT2D eigenvalue weighted by molar-refractivity contribution is -0.345. The molecule has 0 aromatic heterocycles. The van der Waals surface area contributed by atoms with Crippen molar-refractivity contribution in [3.63, 3.8) is 0 Å². The summed E-state index contributed by atoms with van der Waals surface area (Å²) in [7, 11) is 0. The largest absolute Gasteiger partial charge is 0.459 e. The number of esters is 2. The highest BCUT2D eigenvalue weighted by Crippen LogP contribution is 2.63. The van der Waals surface area contributed by atoms with Crippen LogP contribution in [-0.4, -0.2) is 104 Å². The Morgan fingerprint density at radius 1 is 1.07 bits per heavy atom. The molecule has 5 N–H and O–H groups in total. The number of amides is 1. The molecule has 1 aliphatic heterocycles. The number of ether oxygens (including phenoxy) is 4. The van der Waals surface area contributed by atoms with Gasteiger partial charge >= 0.3 is 18.0 Å². The molecule has 0 unspecified atom stereocenters. The molecule has 0 spiro atoms. The molecule has 254 valence electrons. The standard InChI is InChI=1S/C32H49NO12/c1-14(16(3)33-27(39)45-28(5,6)7)26(38)44-18-12-32(41)25(43-17(4)34)23-30(10,19(35)11-20-31(23,40)13-42-20)24(37)22(36)21(15(18)2)29(32,8)9/h14,16,18-20,22-23,25,35-36,40-41H,11-13H2,1-10H3,(H,33,39)/t14-,16+,18+,19+,20-,22-,23+,25+,30-,31+,32-/m1/s1. The molecule has 13 heteroatoms. The lowest BCUT2D eigenvalue weighted by atomic mass is 9.45. The van der Waals surface area contributed by atoms with E-state index in [1.807, 2.05) is 0 Å². The smallest absolute Gasteiger partial charge is 0.407 e. The van der Waals surface area contributed by atoms with Gasteiger partial charge in [0, 0.05) is 37.1 Å². The Hall–Kier alpha value is -2.58. The van der Waals surface area contributed by atoms with Gasteiger partial charge < -0.3 is 44.7 Å². The molecule has 4 rings (SSSR count). The zero-order valence-electron chi connectivity index (χ0n) is 27.8. The third-order valence-corrected chi connectivity index (χ3v) is 10.8. The Balaban J connectivity index is 1.79. The molecular weight excluding hydrogens is 590 g/mol. The summed E-state index contributed by atoms with van der Waals surface area (Å²) in [6.45, 7) is 15.3. The number of alkyl carbamates (subject to hydrolysis) is 1. The van der Waals surface area contributed by atoms with E-state index in [1.54, 1.807) is 55.4 Å². The van der Waals surface area contributed by atoms with E-state index in [-0.39, 0.29) is 25.0 Å². The summed E-state index contributed by atoms with van der Waals surface area (Å²) >= 11 is 0. The first-order valence-corrected chi connectivity index (χ1v) is 15.5. The van der Waals surface area contributed by atoms with E-state index in [2.05, 4.69) is 5.32 Å². The van der Waals surface area contributed by atoms with Crippen molar-refractivity contribution < 1.29 is 58.6 Å². The highest BCUT2D eigenvalue weighted by molar-refractivity contribution is 5.93. The first-order valence-electron chi connectivity index (χ1n) is 15.5. The molecule has 1 heterocycles. The van der Waals surface area contributed by atoms with E-state index in [0.29, 0.717) is 5.57 Å². The van der Waals surface area contributed by atoms with Crippen molar-refractivity contribution in [1.29, 1.82) is 0 Å². The average Bonchev–Trinajstić information content (AvgIpc) is 2.89. The molecule has 2 saturated carbocycles. The summed E-state index contributed by atoms with van der Waals surface area (Å²) in [5.41, 5.74) is -7.59. The summed E-state index contributed by atoms with van der Waals surface area (Å²) in [5.74, 6) is -4.65. The zero-order chi connectivity index (χ0) is 34.2. The number of ketones is 1. The van der Waals surface area contributed by atoms with Crippen molar-refractivity contribution in [1.82, 2.24) is 5.32 Å². The summed E-state index contributed by atoms with van der Waals surface area (Å²) in [6, 6.07) is -0.718. The molecule has 2 bridgehead atoms. The van der Waals surface area contributed by atoms with Gasteiger partial charge in [-0.3, -0.25) is 14.4 Å². The second kappa shape index (κ2) is 11.3. The van der Waals surface area contributed by atoms with Gasteiger partial charge in [0.2, 0.25) is 0 Å². The van der Waals surface area contributed by atoms with E-state index >= 15 is 0 Å². The molecule has 13 nitrogen and oxygen atoms in total. The number of hydrogen-bond donors (Lipinski definition) is 5. The van der Waals surface area contributed by atoms with E-state index in [1.165, 1.54) is 6.92 Å². The Bertz CT molecular complexity index is 1290. The summed E-state index contributed by atoms with van der Waals surface area (Å²) in [4.78, 5) is 52.7. The Labute approximate surface area is 263 Å². The fraction of sp³-hybridized carbons (Fsp3) is 0.812. The number of Topliss-reactive ketones (excluding diaryl/α,β-unsaturated/α-hetero) is 1. The topological polar surface area (TPSA) is 198 Å². The minimum atomic E-state index is -2.12. The normalized spacial score (nSPS) is 40.4. The molecule has 1 saturated heterocycles. The predicted molar refractivity (Wildman–Crippen MR) is 157 cm³/mol. The van der Waals surface area contributed by atoms with Gasteiger partial charge in [0.15, 0.2) is 5.78 Å². The van der Waals surface area contributed by atoms with Crippen molar-refractivity contribution in [3.8, 4) is 0 Å². The van der Waals surface area contributed by atoms with Crippen LogP contribution in [0.15, 0.2) is 11.1 Å². The zero-order valence-corrected chi connectivity index (χ0v) is 27.8. The number of aliphatic hydroxyl groups is 4. The van der Waals surface area contributed by atoms with E-state index in [9.17, 15) is 39.6 Å². The highest BCUT2D eigenvalue weighted by Gasteiger charge is 2.76. The molecule has 0 aromatic carbocycles. The number of carbonyl (C=O) groups is 4. The molecule has 1 amide bonds. The molecule has 45 heavy (non-hydrogen) atoms. The van der Waals surface area contributed by atoms with Crippen molar-refractivity contribution in [2.24, 2.45) is 22.7 Å². The number of rotatable bonds is 5. The summed E-state index contributed by atoms with van der Waals surface area (Å²) < 4.78 is 22.6. The third-order valence-electron chi connectivity index (χ3n) is 10.8. The molecule has 0 aromatic rings. The van der Waals surface area contributed by atoms with Crippen LogP contribution < -0.4 is 5.32 Å². The lowest BCUT2D eigenvalue weighted by Crippen LogP contribution is -2.81. The highest BCUT2D eigenvalue weighted by atomic mass is 16.6. The van der Waals surface area contributed by atoms with Crippen LogP contribution >= 0.6 is 0 Å². The lowest BCUT2D eigenvalue weighted by Gasteiger charge is -2.66. The van der Waals surface area contributed by atoms with Gasteiger partial charge in [-0.15, -0.1) is 0 Å². The summed E-state index contributed by atoms with van der Waals surface area (Å²) in [5, 5.41) is 50.4. The van der Waals surface area contributed by atoms with Gasteiger partial charge in [0.1, 0.15) is 35.1 Å². The Morgan fingerprint density at radius 3 is 2.18 bits per heavy atom. The van der Waals surface area contributed by atoms with Gasteiger partial charge in [0.25, 0.3) is 0 Å². The maximum atomic E-state index is 14.3. The number of carbonyl (C=O) groups excluding carboxylic acids is 4. The van der Waals surface area contributed by atoms with Crippen LogP contribution in [-0.2, 0) is 33.3 Å². The van der Waals surface area contributed by atoms with Gasteiger partial charge in [-0.25, -0.2) is 4.79 Å². The van der Waals surface area contributed by atoms with Crippen molar-refractivity contribution in [2.45, 2.75) is 135 Å². The minimum absolute atomic E-state index is 0.0645. The molecule has 0 radical (unpaired) electrons. The van der Waals surface area contributed by atoms with Gasteiger partial charge in [0.05, 0.1) is 30.1 Å². The first-order chi connectivity index (χ1) is 20.4. The molecular formula is C32H49NO12. The second-order valence-corrected chi connectivity index (χ2v) is 15.1. The maximum Gasteiger partial charge on any atom is 0.407 e. The van der Waals surface area contributed by atoms with Crippen LogP contribution in [0, 0.1) is 22.7 Å². The Kier molecular flexibility index (Phi) is 8.85. The monoisotopic (exact) mass is 639 g/mol. The fourth-order valence-corrected chi connectivity index (χ4v) is 7.87. The van der Waals surface area contributed by atoms with E-state index < -0.39 is 99.8 Å². The molecule has 4 aliphatic rings. The van der Waals surface area contributed by atoms with E-state index in [4.69, 9.17) is 18.9 Å². The SMILES string of the molecule is CC(=O)O[C@H]1[C@@H]2[C@]3(O)CO[C@@H]3C[C@H](O)[C@@]2(C)C(=O)[C@H](O)C2=C(C)[C@@H](OC(=O)[C@H](C)[C@H](C)NC(=O)OC(C)(C)C)C[C@]1(O)C2(C)C. The third kappa shape index (κ3) is 5.48. The van der Waals surface area contributed by atoms with Gasteiger partial charge in [-0.1, -0.05) is 13.8 Å². The van der Waals surface area contributed by atoms with Crippen LogP contribution in [0.4, 0.5) is 4.79 Å². The van der Waals surface area contributed by atoms with Gasteiger partial charge in [-0.05, 0) is 59.6 Å². The number of aliphatic hydroxyl groups excluding tert-OH is 2. The van der Waals surface area contributed by atoms with Crippen LogP contribution in [0.1, 0.15) is 82.1 Å². The molecule has 3 fully saturated rings.